The Hall–Kier alpha value is -4.64. The van der Waals surface area contributed by atoms with Crippen molar-refractivity contribution in [1.82, 2.24) is 19.3 Å². The van der Waals surface area contributed by atoms with Crippen LogP contribution in [-0.2, 0) is 11.8 Å². The van der Waals surface area contributed by atoms with E-state index in [0.29, 0.717) is 17.8 Å². The molecule has 0 spiro atoms. The Kier molecular flexibility index (Phi) is 9.68. The number of aryl methyl sites for hydroxylation is 2. The summed E-state index contributed by atoms with van der Waals surface area (Å²) in [5.41, 5.74) is 11.1. The minimum atomic E-state index is -0.0862. The second-order valence-corrected chi connectivity index (χ2v) is 17.8. The zero-order valence-corrected chi connectivity index (χ0v) is 33.8. The molecule has 0 saturated heterocycles. The molecule has 3 aromatic carbocycles. The van der Waals surface area contributed by atoms with Gasteiger partial charge in [-0.1, -0.05) is 91.7 Å². The number of hydrogen-bond acceptors (Lipinski definition) is 3. The van der Waals surface area contributed by atoms with Crippen LogP contribution in [0.4, 0.5) is 0 Å². The number of aromatic nitrogens is 4. The summed E-state index contributed by atoms with van der Waals surface area (Å²) in [6.07, 6.45) is 9.06. The van der Waals surface area contributed by atoms with Crippen LogP contribution in [0.5, 0.6) is 11.5 Å². The minimum absolute atomic E-state index is 0.0862. The van der Waals surface area contributed by atoms with Crippen LogP contribution in [0.25, 0.3) is 33.3 Å². The molecule has 0 aliphatic heterocycles. The fraction of sp³-hybridized carbons (Fsp3) is 0.417. The van der Waals surface area contributed by atoms with E-state index in [1.165, 1.54) is 51.6 Å². The quantitative estimate of drug-likeness (QED) is 0.148. The third kappa shape index (κ3) is 7.07. The topological polar surface area (TPSA) is 44.9 Å². The van der Waals surface area contributed by atoms with Gasteiger partial charge in [0.15, 0.2) is 0 Å². The SMILES string of the molecule is CCCCc1ccnc(-n2c3ccccc3c3ccc(Oc4cc(-n5nc(C)c(C6C(C)=C[C@H](C(C)(C)C)C[C@@H]6C)c5C)cc(C(C)(C)C)c4)cc32)c1. The van der Waals surface area contributed by atoms with Crippen LogP contribution < -0.4 is 4.74 Å². The third-order valence-corrected chi connectivity index (χ3v) is 11.7. The van der Waals surface area contributed by atoms with Crippen molar-refractivity contribution in [2.45, 2.75) is 113 Å². The van der Waals surface area contributed by atoms with E-state index in [2.05, 4.69) is 164 Å². The molecule has 0 radical (unpaired) electrons. The Morgan fingerprint density at radius 1 is 0.830 bits per heavy atom. The Morgan fingerprint density at radius 2 is 1.58 bits per heavy atom. The van der Waals surface area contributed by atoms with Gasteiger partial charge < -0.3 is 4.74 Å². The lowest BCUT2D eigenvalue weighted by Gasteiger charge is -2.39. The van der Waals surface area contributed by atoms with E-state index in [1.54, 1.807) is 0 Å². The maximum Gasteiger partial charge on any atom is 0.137 e. The zero-order valence-electron chi connectivity index (χ0n) is 33.8. The molecule has 5 heteroatoms. The van der Waals surface area contributed by atoms with Crippen LogP contribution in [-0.4, -0.2) is 19.3 Å². The number of fused-ring (bicyclic) bond motifs is 3. The predicted molar refractivity (Wildman–Crippen MR) is 222 cm³/mol. The molecule has 0 N–H and O–H groups in total. The Bertz CT molecular complexity index is 2320. The number of para-hydroxylation sites is 1. The molecule has 0 fully saturated rings. The molecule has 276 valence electrons. The van der Waals surface area contributed by atoms with Crippen molar-refractivity contribution >= 4 is 21.8 Å². The first-order chi connectivity index (χ1) is 25.1. The van der Waals surface area contributed by atoms with Crippen LogP contribution in [0.2, 0.25) is 0 Å². The van der Waals surface area contributed by atoms with Crippen LogP contribution in [0.15, 0.2) is 90.6 Å². The van der Waals surface area contributed by atoms with Crippen molar-refractivity contribution in [2.24, 2.45) is 17.3 Å². The lowest BCUT2D eigenvalue weighted by atomic mass is 9.65. The maximum absolute atomic E-state index is 6.84. The molecule has 5 nitrogen and oxygen atoms in total. The van der Waals surface area contributed by atoms with Crippen molar-refractivity contribution in [1.29, 1.82) is 0 Å². The summed E-state index contributed by atoms with van der Waals surface area (Å²) in [6.45, 7) is 25.3. The molecular formula is C48H58N4O. The second kappa shape index (κ2) is 14.0. The summed E-state index contributed by atoms with van der Waals surface area (Å²) in [5.74, 6) is 4.02. The number of allylic oxidation sites excluding steroid dienone is 2. The molecule has 3 atom stereocenters. The lowest BCUT2D eigenvalue weighted by molar-refractivity contribution is 0.224. The maximum atomic E-state index is 6.84. The first-order valence-corrected chi connectivity index (χ1v) is 19.7. The molecule has 3 aromatic heterocycles. The van der Waals surface area contributed by atoms with E-state index in [0.717, 1.165) is 52.6 Å². The lowest BCUT2D eigenvalue weighted by Crippen LogP contribution is -2.28. The van der Waals surface area contributed by atoms with Crippen molar-refractivity contribution in [3.63, 3.8) is 0 Å². The summed E-state index contributed by atoms with van der Waals surface area (Å²) < 4.78 is 11.3. The van der Waals surface area contributed by atoms with Gasteiger partial charge in [-0.15, -0.1) is 0 Å². The van der Waals surface area contributed by atoms with E-state index in [1.807, 2.05) is 6.20 Å². The summed E-state index contributed by atoms with van der Waals surface area (Å²) in [7, 11) is 0. The zero-order chi connectivity index (χ0) is 37.8. The van der Waals surface area contributed by atoms with Gasteiger partial charge in [0.05, 0.1) is 22.4 Å². The van der Waals surface area contributed by atoms with Gasteiger partial charge in [-0.3, -0.25) is 4.57 Å². The van der Waals surface area contributed by atoms with Crippen molar-refractivity contribution in [3.8, 4) is 23.0 Å². The van der Waals surface area contributed by atoms with Crippen molar-refractivity contribution in [2.75, 3.05) is 0 Å². The smallest absolute Gasteiger partial charge is 0.137 e. The normalized spacial score (nSPS) is 18.2. The third-order valence-electron chi connectivity index (χ3n) is 11.7. The summed E-state index contributed by atoms with van der Waals surface area (Å²) in [5, 5.41) is 7.61. The fourth-order valence-corrected chi connectivity index (χ4v) is 8.66. The highest BCUT2D eigenvalue weighted by Crippen LogP contribution is 2.47. The summed E-state index contributed by atoms with van der Waals surface area (Å²) in [6, 6.07) is 26.1. The van der Waals surface area contributed by atoms with Crippen LogP contribution in [0, 0.1) is 31.1 Å². The molecule has 1 unspecified atom stereocenters. The monoisotopic (exact) mass is 706 g/mol. The van der Waals surface area contributed by atoms with Gasteiger partial charge in [0, 0.05) is 46.3 Å². The van der Waals surface area contributed by atoms with Gasteiger partial charge in [0.1, 0.15) is 17.3 Å². The average molecular weight is 707 g/mol. The van der Waals surface area contributed by atoms with Crippen molar-refractivity contribution < 1.29 is 4.74 Å². The highest BCUT2D eigenvalue weighted by Gasteiger charge is 2.36. The number of benzene rings is 3. The molecule has 1 aliphatic carbocycles. The number of rotatable bonds is 8. The van der Waals surface area contributed by atoms with Gasteiger partial charge in [0.2, 0.25) is 0 Å². The van der Waals surface area contributed by atoms with E-state index in [4.69, 9.17) is 14.8 Å². The van der Waals surface area contributed by atoms with Gasteiger partial charge in [0.25, 0.3) is 0 Å². The Balaban J connectivity index is 1.30. The molecule has 1 aliphatic rings. The Morgan fingerprint density at radius 3 is 2.30 bits per heavy atom. The van der Waals surface area contributed by atoms with E-state index >= 15 is 0 Å². The molecule has 6 aromatic rings. The van der Waals surface area contributed by atoms with Gasteiger partial charge >= 0.3 is 0 Å². The number of nitrogens with zero attached hydrogens (tertiary/aromatic N) is 4. The predicted octanol–water partition coefficient (Wildman–Crippen LogP) is 13.1. The molecule has 0 bridgehead atoms. The van der Waals surface area contributed by atoms with E-state index < -0.39 is 0 Å². The molecule has 0 saturated carbocycles. The number of unbranched alkanes of at least 4 members (excludes halogenated alkanes) is 1. The largest absolute Gasteiger partial charge is 0.457 e. The van der Waals surface area contributed by atoms with Gasteiger partial charge in [-0.05, 0) is 116 Å². The highest BCUT2D eigenvalue weighted by molar-refractivity contribution is 6.09. The Labute approximate surface area is 317 Å². The van der Waals surface area contributed by atoms with Gasteiger partial charge in [-0.25, -0.2) is 9.67 Å². The van der Waals surface area contributed by atoms with Crippen LogP contribution in [0.1, 0.15) is 116 Å². The molecule has 3 heterocycles. The minimum Gasteiger partial charge on any atom is -0.457 e. The van der Waals surface area contributed by atoms with E-state index in [-0.39, 0.29) is 10.8 Å². The second-order valence-electron chi connectivity index (χ2n) is 17.8. The molecule has 0 amide bonds. The number of hydrogen-bond donors (Lipinski definition) is 0. The fourth-order valence-electron chi connectivity index (χ4n) is 8.66. The number of ether oxygens (including phenoxy) is 1. The average Bonchev–Trinajstić information content (AvgIpc) is 3.59. The first kappa shape index (κ1) is 36.7. The summed E-state index contributed by atoms with van der Waals surface area (Å²) in [4.78, 5) is 4.87. The molecular weight excluding hydrogens is 649 g/mol. The van der Waals surface area contributed by atoms with Crippen LogP contribution >= 0.6 is 0 Å². The molecule has 7 rings (SSSR count). The van der Waals surface area contributed by atoms with Crippen molar-refractivity contribution in [3.05, 3.63) is 119 Å². The van der Waals surface area contributed by atoms with Gasteiger partial charge in [-0.2, -0.15) is 5.10 Å². The summed E-state index contributed by atoms with van der Waals surface area (Å²) >= 11 is 0. The van der Waals surface area contributed by atoms with E-state index in [9.17, 15) is 0 Å². The first-order valence-electron chi connectivity index (χ1n) is 19.7. The standard InChI is InChI=1S/C48H58N4O/c1-12-13-16-34-21-22-49-44(25-34)51-42-18-15-14-17-40(42)41-20-19-38(29-43(41)51)53-39-27-36(48(9,10)11)26-37(28-39)52-33(5)46(32(4)50-52)45-30(2)23-35(24-31(45)3)47(6,7)8/h14-15,17-23,25-29,31,35,45H,12-13,16,24H2,1-11H3/t31-,35-,45?/m0/s1. The van der Waals surface area contributed by atoms with Crippen LogP contribution in [0.3, 0.4) is 0 Å². The highest BCUT2D eigenvalue weighted by atomic mass is 16.5. The number of pyridine rings is 1. The molecule has 53 heavy (non-hydrogen) atoms.